The topological polar surface area (TPSA) is 72.0 Å². The summed E-state index contributed by atoms with van der Waals surface area (Å²) < 4.78 is 10.1. The number of aromatic nitrogens is 1. The number of ether oxygens (including phenoxy) is 2. The maximum atomic E-state index is 12.2. The van der Waals surface area contributed by atoms with Gasteiger partial charge in [-0.3, -0.25) is 0 Å². The van der Waals surface area contributed by atoms with Gasteiger partial charge in [0, 0.05) is 25.7 Å². The van der Waals surface area contributed by atoms with Crippen LogP contribution in [0.15, 0.2) is 12.1 Å². The van der Waals surface area contributed by atoms with Gasteiger partial charge in [-0.1, -0.05) is 11.6 Å². The zero-order valence-electron chi connectivity index (χ0n) is 15.2. The highest BCUT2D eigenvalue weighted by molar-refractivity contribution is 6.32. The number of methoxy groups -OCH3 is 1. The van der Waals surface area contributed by atoms with Gasteiger partial charge >= 0.3 is 12.1 Å². The van der Waals surface area contributed by atoms with Crippen molar-refractivity contribution in [3.63, 3.8) is 0 Å². The minimum atomic E-state index is -0.531. The van der Waals surface area contributed by atoms with Crippen LogP contribution in [-0.2, 0) is 9.47 Å². The number of carbonyl (C=O) groups is 2. The second kappa shape index (κ2) is 7.47. The van der Waals surface area contributed by atoms with Crippen molar-refractivity contribution in [3.8, 4) is 0 Å². The molecule has 1 aromatic rings. The van der Waals surface area contributed by atoms with Gasteiger partial charge < -0.3 is 19.3 Å². The summed E-state index contributed by atoms with van der Waals surface area (Å²) in [6.45, 7) is 9.18. The summed E-state index contributed by atoms with van der Waals surface area (Å²) in [4.78, 5) is 31.6. The number of piperazine rings is 1. The summed E-state index contributed by atoms with van der Waals surface area (Å²) in [6, 6.07) is 3.37. The average Bonchev–Trinajstić information content (AvgIpc) is 2.52. The lowest BCUT2D eigenvalue weighted by Gasteiger charge is -2.41. The molecule has 7 nitrogen and oxygen atoms in total. The monoisotopic (exact) mass is 369 g/mol. The fraction of sp³-hybridized carbons (Fsp3) is 0.588. The van der Waals surface area contributed by atoms with Crippen LogP contribution in [0.4, 0.5) is 10.5 Å². The number of pyridine rings is 1. The number of carbonyl (C=O) groups excluding carboxylic acids is 2. The molecule has 0 saturated carbocycles. The molecule has 0 unspecified atom stereocenters. The molecule has 8 heteroatoms. The first kappa shape index (κ1) is 19.3. The second-order valence-corrected chi connectivity index (χ2v) is 7.32. The molecule has 2 rings (SSSR count). The van der Waals surface area contributed by atoms with Gasteiger partial charge in [0.2, 0.25) is 0 Å². The van der Waals surface area contributed by atoms with E-state index in [4.69, 9.17) is 16.3 Å². The zero-order chi connectivity index (χ0) is 18.8. The van der Waals surface area contributed by atoms with Crippen molar-refractivity contribution in [2.24, 2.45) is 0 Å². The second-order valence-electron chi connectivity index (χ2n) is 6.97. The molecule has 0 radical (unpaired) electrons. The fourth-order valence-electron chi connectivity index (χ4n) is 2.67. The molecule has 2 heterocycles. The summed E-state index contributed by atoms with van der Waals surface area (Å²) >= 11 is 6.25. The van der Waals surface area contributed by atoms with Gasteiger partial charge in [0.1, 0.15) is 11.3 Å². The van der Waals surface area contributed by atoms with E-state index in [1.54, 1.807) is 17.0 Å². The molecule has 1 saturated heterocycles. The first-order valence-corrected chi connectivity index (χ1v) is 8.49. The number of hydrogen-bond acceptors (Lipinski definition) is 6. The van der Waals surface area contributed by atoms with Crippen molar-refractivity contribution in [1.82, 2.24) is 9.88 Å². The highest BCUT2D eigenvalue weighted by Crippen LogP contribution is 2.28. The highest BCUT2D eigenvalue weighted by atomic mass is 35.5. The molecule has 1 amide bonds. The highest BCUT2D eigenvalue weighted by Gasteiger charge is 2.31. The van der Waals surface area contributed by atoms with Crippen LogP contribution >= 0.6 is 11.6 Å². The lowest BCUT2D eigenvalue weighted by atomic mass is 10.1. The van der Waals surface area contributed by atoms with Crippen LogP contribution in [0.1, 0.15) is 38.2 Å². The summed E-state index contributed by atoms with van der Waals surface area (Å²) in [5, 5.41) is 0.237. The molecule has 1 atom stereocenters. The van der Waals surface area contributed by atoms with Gasteiger partial charge in [0.05, 0.1) is 12.8 Å². The van der Waals surface area contributed by atoms with Crippen molar-refractivity contribution >= 4 is 29.4 Å². The maximum Gasteiger partial charge on any atom is 0.410 e. The van der Waals surface area contributed by atoms with Crippen LogP contribution in [0, 0.1) is 0 Å². The Balaban J connectivity index is 2.09. The molecule has 0 spiro atoms. The Morgan fingerprint density at radius 1 is 1.28 bits per heavy atom. The Morgan fingerprint density at radius 3 is 2.48 bits per heavy atom. The van der Waals surface area contributed by atoms with Crippen LogP contribution in [0.5, 0.6) is 0 Å². The van der Waals surface area contributed by atoms with Crippen LogP contribution in [0.2, 0.25) is 5.15 Å². The lowest BCUT2D eigenvalue weighted by molar-refractivity contribution is 0.0218. The minimum absolute atomic E-state index is 0.0320. The van der Waals surface area contributed by atoms with Crippen molar-refractivity contribution in [2.45, 2.75) is 39.3 Å². The first-order chi connectivity index (χ1) is 11.6. The first-order valence-electron chi connectivity index (χ1n) is 8.12. The Labute approximate surface area is 152 Å². The number of halogens is 1. The van der Waals surface area contributed by atoms with E-state index in [9.17, 15) is 9.59 Å². The molecule has 1 aliphatic heterocycles. The molecule has 0 N–H and O–H groups in total. The molecule has 0 aliphatic carbocycles. The maximum absolute atomic E-state index is 12.2. The smallest absolute Gasteiger partial charge is 0.410 e. The number of amides is 1. The van der Waals surface area contributed by atoms with Gasteiger partial charge in [0.15, 0.2) is 5.15 Å². The summed E-state index contributed by atoms with van der Waals surface area (Å²) in [5.41, 5.74) is 0.371. The normalized spacial score (nSPS) is 18.1. The van der Waals surface area contributed by atoms with Crippen LogP contribution in [0.3, 0.4) is 0 Å². The van der Waals surface area contributed by atoms with Crippen LogP contribution in [-0.4, -0.2) is 60.3 Å². The third kappa shape index (κ3) is 4.75. The Bertz CT molecular complexity index is 660. The van der Waals surface area contributed by atoms with Crippen LogP contribution in [0.25, 0.3) is 0 Å². The van der Waals surface area contributed by atoms with E-state index in [-0.39, 0.29) is 23.0 Å². The van der Waals surface area contributed by atoms with E-state index >= 15 is 0 Å². The van der Waals surface area contributed by atoms with Crippen LogP contribution < -0.4 is 4.90 Å². The standard InChI is InChI=1S/C17H24ClN3O4/c1-11-10-20(16(23)25-17(2,3)4)8-9-21(11)13-7-6-12(15(22)24-5)19-14(13)18/h6-7,11H,8-10H2,1-5H3/t11-/m1/s1. The van der Waals surface area contributed by atoms with Gasteiger partial charge in [-0.15, -0.1) is 0 Å². The molecular formula is C17H24ClN3O4. The predicted molar refractivity (Wildman–Crippen MR) is 95.2 cm³/mol. The summed E-state index contributed by atoms with van der Waals surface area (Å²) in [7, 11) is 1.30. The molecule has 1 aliphatic rings. The van der Waals surface area contributed by atoms with E-state index < -0.39 is 11.6 Å². The van der Waals surface area contributed by atoms with Crippen molar-refractivity contribution in [1.29, 1.82) is 0 Å². The van der Waals surface area contributed by atoms with Gasteiger partial charge in [0.25, 0.3) is 0 Å². The van der Waals surface area contributed by atoms with Gasteiger partial charge in [-0.25, -0.2) is 14.6 Å². The van der Waals surface area contributed by atoms with Gasteiger partial charge in [-0.05, 0) is 39.8 Å². The average molecular weight is 370 g/mol. The predicted octanol–water partition coefficient (Wildman–Crippen LogP) is 2.97. The molecular weight excluding hydrogens is 346 g/mol. The molecule has 0 aromatic carbocycles. The molecule has 0 bridgehead atoms. The van der Waals surface area contributed by atoms with E-state index in [1.165, 1.54) is 7.11 Å². The third-order valence-corrected chi connectivity index (χ3v) is 4.09. The number of hydrogen-bond donors (Lipinski definition) is 0. The Morgan fingerprint density at radius 2 is 1.96 bits per heavy atom. The Hall–Kier alpha value is -2.02. The summed E-state index contributed by atoms with van der Waals surface area (Å²) in [6.07, 6.45) is -0.315. The van der Waals surface area contributed by atoms with Gasteiger partial charge in [-0.2, -0.15) is 0 Å². The molecule has 25 heavy (non-hydrogen) atoms. The largest absolute Gasteiger partial charge is 0.464 e. The quantitative estimate of drug-likeness (QED) is 0.589. The van der Waals surface area contributed by atoms with E-state index in [0.717, 1.165) is 5.69 Å². The fourth-order valence-corrected chi connectivity index (χ4v) is 2.93. The van der Waals surface area contributed by atoms with Crippen molar-refractivity contribution in [2.75, 3.05) is 31.6 Å². The van der Waals surface area contributed by atoms with E-state index in [2.05, 4.69) is 14.6 Å². The zero-order valence-corrected chi connectivity index (χ0v) is 16.0. The number of anilines is 1. The van der Waals surface area contributed by atoms with Crippen molar-refractivity contribution < 1.29 is 19.1 Å². The van der Waals surface area contributed by atoms with E-state index in [0.29, 0.717) is 19.6 Å². The van der Waals surface area contributed by atoms with E-state index in [1.807, 2.05) is 27.7 Å². The minimum Gasteiger partial charge on any atom is -0.464 e. The van der Waals surface area contributed by atoms with Crippen molar-refractivity contribution in [3.05, 3.63) is 23.0 Å². The molecule has 1 aromatic heterocycles. The summed E-state index contributed by atoms with van der Waals surface area (Å²) in [5.74, 6) is -0.531. The molecule has 1 fully saturated rings. The molecule has 138 valence electrons. The number of esters is 1. The lowest BCUT2D eigenvalue weighted by Crippen LogP contribution is -2.54. The third-order valence-electron chi connectivity index (χ3n) is 3.81. The SMILES string of the molecule is COC(=O)c1ccc(N2CCN(C(=O)OC(C)(C)C)C[C@H]2C)c(Cl)n1. The number of nitrogens with zero attached hydrogens (tertiary/aromatic N) is 3. The Kier molecular flexibility index (Phi) is 5.77. The number of rotatable bonds is 2.